The highest BCUT2D eigenvalue weighted by molar-refractivity contribution is 7.13. The standard InChI is InChI=1S/C14H12FN3OS/c1-9-8-20-14(17-9)18-13(19)11-5-4-10(3-2-6-16)7-12(11)15/h4-5,7-8H,6,16H2,1H3,(H,17,18,19). The average molecular weight is 289 g/mol. The number of anilines is 1. The molecular weight excluding hydrogens is 277 g/mol. The molecule has 20 heavy (non-hydrogen) atoms. The number of amides is 1. The van der Waals surface area contributed by atoms with Crippen LogP contribution in [0.5, 0.6) is 0 Å². The highest BCUT2D eigenvalue weighted by atomic mass is 32.1. The molecule has 102 valence electrons. The van der Waals surface area contributed by atoms with Gasteiger partial charge < -0.3 is 5.73 Å². The largest absolute Gasteiger partial charge is 0.320 e. The van der Waals surface area contributed by atoms with Gasteiger partial charge in [-0.2, -0.15) is 0 Å². The first kappa shape index (κ1) is 14.2. The molecule has 1 amide bonds. The van der Waals surface area contributed by atoms with Crippen LogP contribution in [0, 0.1) is 24.6 Å². The SMILES string of the molecule is Cc1csc(NC(=O)c2ccc(C#CCN)cc2F)n1. The van der Waals surface area contributed by atoms with Crippen LogP contribution < -0.4 is 11.1 Å². The van der Waals surface area contributed by atoms with Crippen molar-refractivity contribution in [2.24, 2.45) is 5.73 Å². The van der Waals surface area contributed by atoms with Gasteiger partial charge in [0.25, 0.3) is 5.91 Å². The molecule has 3 N–H and O–H groups in total. The van der Waals surface area contributed by atoms with Gasteiger partial charge in [-0.3, -0.25) is 10.1 Å². The van der Waals surface area contributed by atoms with Crippen LogP contribution in [0.25, 0.3) is 0 Å². The molecule has 2 rings (SSSR count). The zero-order valence-electron chi connectivity index (χ0n) is 10.7. The van der Waals surface area contributed by atoms with E-state index in [-0.39, 0.29) is 12.1 Å². The number of hydrogen-bond acceptors (Lipinski definition) is 4. The van der Waals surface area contributed by atoms with Crippen molar-refractivity contribution in [3.8, 4) is 11.8 Å². The normalized spacial score (nSPS) is 9.75. The Bertz CT molecular complexity index is 700. The van der Waals surface area contributed by atoms with Crippen molar-refractivity contribution in [1.29, 1.82) is 0 Å². The van der Waals surface area contributed by atoms with Crippen LogP contribution in [0.3, 0.4) is 0 Å². The van der Waals surface area contributed by atoms with Gasteiger partial charge in [0.15, 0.2) is 5.13 Å². The summed E-state index contributed by atoms with van der Waals surface area (Å²) < 4.78 is 13.9. The number of nitrogens with two attached hydrogens (primary N) is 1. The molecule has 4 nitrogen and oxygen atoms in total. The van der Waals surface area contributed by atoms with E-state index in [9.17, 15) is 9.18 Å². The van der Waals surface area contributed by atoms with Crippen LogP contribution >= 0.6 is 11.3 Å². The lowest BCUT2D eigenvalue weighted by molar-refractivity contribution is 0.102. The minimum atomic E-state index is -0.625. The molecule has 0 aliphatic rings. The number of carbonyl (C=O) groups is 1. The van der Waals surface area contributed by atoms with E-state index in [1.165, 1.54) is 23.5 Å². The molecule has 0 unspecified atom stereocenters. The minimum absolute atomic E-state index is 0.0452. The Balaban J connectivity index is 2.18. The summed E-state index contributed by atoms with van der Waals surface area (Å²) in [7, 11) is 0. The summed E-state index contributed by atoms with van der Waals surface area (Å²) in [4.78, 5) is 16.0. The molecule has 1 aromatic carbocycles. The highest BCUT2D eigenvalue weighted by Crippen LogP contribution is 2.17. The summed E-state index contributed by atoms with van der Waals surface area (Å²) in [5.74, 6) is 4.17. The van der Waals surface area contributed by atoms with E-state index in [0.717, 1.165) is 5.69 Å². The number of nitrogens with zero attached hydrogens (tertiary/aromatic N) is 1. The quantitative estimate of drug-likeness (QED) is 0.832. The molecule has 1 heterocycles. The summed E-state index contributed by atoms with van der Waals surface area (Å²) >= 11 is 1.29. The van der Waals surface area contributed by atoms with Crippen LogP contribution in [0.2, 0.25) is 0 Å². The van der Waals surface area contributed by atoms with Gasteiger partial charge in [-0.25, -0.2) is 9.37 Å². The van der Waals surface area contributed by atoms with E-state index >= 15 is 0 Å². The third-order valence-electron chi connectivity index (χ3n) is 2.39. The number of thiazole rings is 1. The predicted molar refractivity (Wildman–Crippen MR) is 77.1 cm³/mol. The van der Waals surface area contributed by atoms with Gasteiger partial charge in [-0.15, -0.1) is 11.3 Å². The summed E-state index contributed by atoms with van der Waals surface area (Å²) in [6.45, 7) is 2.02. The summed E-state index contributed by atoms with van der Waals surface area (Å²) in [6.07, 6.45) is 0. The Morgan fingerprint density at radius 2 is 2.35 bits per heavy atom. The van der Waals surface area contributed by atoms with Gasteiger partial charge in [0, 0.05) is 10.9 Å². The fourth-order valence-corrected chi connectivity index (χ4v) is 2.19. The number of rotatable bonds is 2. The first-order valence-electron chi connectivity index (χ1n) is 5.82. The summed E-state index contributed by atoms with van der Waals surface area (Å²) in [5.41, 5.74) is 6.48. The second kappa shape index (κ2) is 6.28. The van der Waals surface area contributed by atoms with Gasteiger partial charge in [0.05, 0.1) is 17.8 Å². The number of nitrogens with one attached hydrogen (secondary N) is 1. The Morgan fingerprint density at radius 1 is 1.55 bits per heavy atom. The lowest BCUT2D eigenvalue weighted by atomic mass is 10.1. The molecule has 0 aliphatic carbocycles. The number of benzene rings is 1. The third-order valence-corrected chi connectivity index (χ3v) is 3.26. The van der Waals surface area contributed by atoms with Crippen LogP contribution in [-0.2, 0) is 0 Å². The van der Waals surface area contributed by atoms with E-state index in [0.29, 0.717) is 10.7 Å². The van der Waals surface area contributed by atoms with Crippen molar-refractivity contribution in [3.05, 3.63) is 46.2 Å². The zero-order chi connectivity index (χ0) is 14.5. The number of aryl methyl sites for hydroxylation is 1. The Labute approximate surface area is 119 Å². The molecule has 0 atom stereocenters. The maximum Gasteiger partial charge on any atom is 0.260 e. The van der Waals surface area contributed by atoms with Gasteiger partial charge >= 0.3 is 0 Å². The molecule has 1 aromatic heterocycles. The Kier molecular flexibility index (Phi) is 4.45. The van der Waals surface area contributed by atoms with Gasteiger partial charge in [-0.1, -0.05) is 11.8 Å². The number of carbonyl (C=O) groups excluding carboxylic acids is 1. The molecule has 0 aliphatic heterocycles. The summed E-state index contributed by atoms with van der Waals surface area (Å²) in [6, 6.07) is 4.18. The minimum Gasteiger partial charge on any atom is -0.320 e. The van der Waals surface area contributed by atoms with E-state index in [1.54, 1.807) is 11.4 Å². The molecule has 0 saturated heterocycles. The first-order chi connectivity index (χ1) is 9.60. The highest BCUT2D eigenvalue weighted by Gasteiger charge is 2.13. The summed E-state index contributed by atoms with van der Waals surface area (Å²) in [5, 5.41) is 4.80. The van der Waals surface area contributed by atoms with Gasteiger partial charge in [0.2, 0.25) is 0 Å². The number of aromatic nitrogens is 1. The average Bonchev–Trinajstić information content (AvgIpc) is 2.81. The maximum absolute atomic E-state index is 13.9. The first-order valence-corrected chi connectivity index (χ1v) is 6.70. The van der Waals surface area contributed by atoms with Crippen molar-refractivity contribution >= 4 is 22.4 Å². The molecular formula is C14H12FN3OS. The van der Waals surface area contributed by atoms with Gasteiger partial charge in [-0.05, 0) is 25.1 Å². The van der Waals surface area contributed by atoms with Crippen molar-refractivity contribution in [1.82, 2.24) is 4.98 Å². The van der Waals surface area contributed by atoms with Crippen molar-refractivity contribution in [3.63, 3.8) is 0 Å². The fraction of sp³-hybridized carbons (Fsp3) is 0.143. The third kappa shape index (κ3) is 3.41. The zero-order valence-corrected chi connectivity index (χ0v) is 11.6. The van der Waals surface area contributed by atoms with Crippen molar-refractivity contribution < 1.29 is 9.18 Å². The molecule has 6 heteroatoms. The predicted octanol–water partition coefficient (Wildman–Crippen LogP) is 2.15. The molecule has 0 saturated carbocycles. The van der Waals surface area contributed by atoms with E-state index < -0.39 is 11.7 Å². The second-order valence-corrected chi connectivity index (χ2v) is 4.81. The maximum atomic E-state index is 13.9. The Morgan fingerprint density at radius 3 is 2.95 bits per heavy atom. The van der Waals surface area contributed by atoms with Crippen LogP contribution in [-0.4, -0.2) is 17.4 Å². The number of hydrogen-bond donors (Lipinski definition) is 2. The van der Waals surface area contributed by atoms with Crippen LogP contribution in [0.1, 0.15) is 21.6 Å². The topological polar surface area (TPSA) is 68.0 Å². The van der Waals surface area contributed by atoms with Crippen molar-refractivity contribution in [2.45, 2.75) is 6.92 Å². The fourth-order valence-electron chi connectivity index (χ4n) is 1.51. The number of halogens is 1. The van der Waals surface area contributed by atoms with Crippen LogP contribution in [0.4, 0.5) is 9.52 Å². The van der Waals surface area contributed by atoms with Crippen molar-refractivity contribution in [2.75, 3.05) is 11.9 Å². The molecule has 0 bridgehead atoms. The molecule has 0 fully saturated rings. The second-order valence-electron chi connectivity index (χ2n) is 3.95. The van der Waals surface area contributed by atoms with E-state index in [1.807, 2.05) is 6.92 Å². The van der Waals surface area contributed by atoms with E-state index in [2.05, 4.69) is 22.1 Å². The molecule has 0 spiro atoms. The lowest BCUT2D eigenvalue weighted by Crippen LogP contribution is -2.13. The molecule has 0 radical (unpaired) electrons. The monoisotopic (exact) mass is 289 g/mol. The van der Waals surface area contributed by atoms with Crippen LogP contribution in [0.15, 0.2) is 23.6 Å². The molecule has 2 aromatic rings. The Hall–Kier alpha value is -2.23. The lowest BCUT2D eigenvalue weighted by Gasteiger charge is -2.03. The van der Waals surface area contributed by atoms with E-state index in [4.69, 9.17) is 5.73 Å². The smallest absolute Gasteiger partial charge is 0.260 e. The van der Waals surface area contributed by atoms with Gasteiger partial charge in [0.1, 0.15) is 5.82 Å².